The van der Waals surface area contributed by atoms with Gasteiger partial charge in [-0.1, -0.05) is 5.21 Å². The molecule has 0 atom stereocenters. The van der Waals surface area contributed by atoms with Gasteiger partial charge >= 0.3 is 5.97 Å². The topological polar surface area (TPSA) is 84.1 Å². The molecule has 0 spiro atoms. The van der Waals surface area contributed by atoms with Gasteiger partial charge in [0.25, 0.3) is 0 Å². The van der Waals surface area contributed by atoms with Crippen LogP contribution in [0.1, 0.15) is 16.5 Å². The molecule has 3 aromatic heterocycles. The highest BCUT2D eigenvalue weighted by Gasteiger charge is 2.31. The van der Waals surface area contributed by atoms with Gasteiger partial charge in [-0.05, 0) is 17.5 Å². The Morgan fingerprint density at radius 2 is 2.24 bits per heavy atom. The number of aromatic nitrogens is 4. The molecule has 0 aromatic carbocycles. The first-order valence-electron chi connectivity index (χ1n) is 6.44. The smallest absolute Gasteiger partial charge is 0.358 e. The van der Waals surface area contributed by atoms with Gasteiger partial charge in [0.15, 0.2) is 5.69 Å². The number of nitrogens with zero attached hydrogens (tertiary/aromatic N) is 5. The first-order chi connectivity index (χ1) is 10.2. The van der Waals surface area contributed by atoms with Crippen molar-refractivity contribution in [2.45, 2.75) is 6.04 Å². The van der Waals surface area contributed by atoms with E-state index in [1.165, 1.54) is 10.9 Å². The third kappa shape index (κ3) is 1.95. The van der Waals surface area contributed by atoms with E-state index >= 15 is 0 Å². The number of rotatable bonds is 3. The third-order valence-electron chi connectivity index (χ3n) is 3.62. The van der Waals surface area contributed by atoms with Gasteiger partial charge in [0.05, 0.1) is 12.2 Å². The van der Waals surface area contributed by atoms with Gasteiger partial charge in [-0.25, -0.2) is 14.5 Å². The number of hydrogen-bond acceptors (Lipinski definition) is 6. The van der Waals surface area contributed by atoms with Crippen LogP contribution in [0.15, 0.2) is 29.9 Å². The van der Waals surface area contributed by atoms with Gasteiger partial charge in [-0.15, -0.1) is 16.4 Å². The van der Waals surface area contributed by atoms with E-state index in [1.54, 1.807) is 16.0 Å². The van der Waals surface area contributed by atoms with Crippen molar-refractivity contribution in [1.82, 2.24) is 20.0 Å². The largest absolute Gasteiger partial charge is 0.476 e. The molecule has 0 unspecified atom stereocenters. The Balaban J connectivity index is 1.54. The summed E-state index contributed by atoms with van der Waals surface area (Å²) in [5.74, 6) is -0.0780. The normalized spacial score (nSPS) is 15.3. The number of pyridine rings is 1. The van der Waals surface area contributed by atoms with E-state index in [9.17, 15) is 4.79 Å². The second-order valence-corrected chi connectivity index (χ2v) is 5.86. The van der Waals surface area contributed by atoms with Crippen molar-refractivity contribution in [3.05, 3.63) is 35.6 Å². The molecule has 4 rings (SSSR count). The number of fused-ring (bicyclic) bond motifs is 1. The second-order valence-electron chi connectivity index (χ2n) is 4.91. The number of carbonyl (C=O) groups is 1. The fraction of sp³-hybridized carbons (Fsp3) is 0.231. The molecule has 8 heteroatoms. The van der Waals surface area contributed by atoms with E-state index < -0.39 is 5.97 Å². The molecule has 7 nitrogen and oxygen atoms in total. The molecule has 0 aliphatic carbocycles. The molecular weight excluding hydrogens is 290 g/mol. The van der Waals surface area contributed by atoms with Crippen molar-refractivity contribution in [2.24, 2.45) is 0 Å². The van der Waals surface area contributed by atoms with Crippen LogP contribution in [0, 0.1) is 0 Å². The van der Waals surface area contributed by atoms with Gasteiger partial charge in [0.1, 0.15) is 5.82 Å². The Morgan fingerprint density at radius 3 is 3.00 bits per heavy atom. The lowest BCUT2D eigenvalue weighted by Gasteiger charge is -2.40. The van der Waals surface area contributed by atoms with Crippen LogP contribution >= 0.6 is 11.3 Å². The quantitative estimate of drug-likeness (QED) is 0.792. The number of carboxylic acids is 1. The second kappa shape index (κ2) is 4.52. The van der Waals surface area contributed by atoms with Crippen LogP contribution in [0.2, 0.25) is 0 Å². The molecule has 1 N–H and O–H groups in total. The summed E-state index contributed by atoms with van der Waals surface area (Å²) in [7, 11) is 0. The highest BCUT2D eigenvalue weighted by atomic mass is 32.1. The van der Waals surface area contributed by atoms with Crippen LogP contribution in [0.25, 0.3) is 10.1 Å². The summed E-state index contributed by atoms with van der Waals surface area (Å²) in [6.07, 6.45) is 3.29. The number of anilines is 1. The summed E-state index contributed by atoms with van der Waals surface area (Å²) in [6, 6.07) is 4.23. The Kier molecular flexibility index (Phi) is 2.64. The van der Waals surface area contributed by atoms with Crippen molar-refractivity contribution in [2.75, 3.05) is 18.0 Å². The predicted molar refractivity (Wildman–Crippen MR) is 77.9 cm³/mol. The number of hydrogen-bond donors (Lipinski definition) is 1. The number of thiophene rings is 1. The molecule has 1 fully saturated rings. The summed E-state index contributed by atoms with van der Waals surface area (Å²) in [5.41, 5.74) is -0.0217. The zero-order valence-corrected chi connectivity index (χ0v) is 11.7. The minimum absolute atomic E-state index is 0.0217. The van der Waals surface area contributed by atoms with Crippen molar-refractivity contribution in [3.63, 3.8) is 0 Å². The van der Waals surface area contributed by atoms with E-state index in [0.717, 1.165) is 24.3 Å². The maximum Gasteiger partial charge on any atom is 0.358 e. The molecule has 0 saturated carbocycles. The molecule has 0 amide bonds. The van der Waals surface area contributed by atoms with E-state index in [-0.39, 0.29) is 11.7 Å². The molecular formula is C13H11N5O2S. The average molecular weight is 301 g/mol. The number of aromatic carboxylic acids is 1. The van der Waals surface area contributed by atoms with Crippen LogP contribution in [-0.2, 0) is 0 Å². The summed E-state index contributed by atoms with van der Waals surface area (Å²) >= 11 is 1.70. The minimum Gasteiger partial charge on any atom is -0.476 e. The Morgan fingerprint density at radius 1 is 1.38 bits per heavy atom. The fourth-order valence-electron chi connectivity index (χ4n) is 2.48. The van der Waals surface area contributed by atoms with Gasteiger partial charge in [0, 0.05) is 29.4 Å². The van der Waals surface area contributed by atoms with Crippen LogP contribution in [0.5, 0.6) is 0 Å². The monoisotopic (exact) mass is 301 g/mol. The van der Waals surface area contributed by atoms with Crippen molar-refractivity contribution < 1.29 is 9.90 Å². The molecule has 1 aliphatic rings. The average Bonchev–Trinajstić information content (AvgIpc) is 3.05. The third-order valence-corrected chi connectivity index (χ3v) is 4.51. The molecule has 3 aromatic rings. The first-order valence-corrected chi connectivity index (χ1v) is 7.32. The lowest BCUT2D eigenvalue weighted by molar-refractivity contribution is 0.0690. The zero-order chi connectivity index (χ0) is 14.4. The van der Waals surface area contributed by atoms with Crippen molar-refractivity contribution >= 4 is 33.2 Å². The van der Waals surface area contributed by atoms with Gasteiger partial charge in [-0.2, -0.15) is 0 Å². The summed E-state index contributed by atoms with van der Waals surface area (Å²) in [4.78, 5) is 17.4. The van der Waals surface area contributed by atoms with Crippen LogP contribution in [0.4, 0.5) is 5.82 Å². The number of carboxylic acid groups (broad SMARTS) is 1. The minimum atomic E-state index is -1.05. The molecule has 1 aliphatic heterocycles. The molecule has 106 valence electrons. The summed E-state index contributed by atoms with van der Waals surface area (Å²) in [5, 5.41) is 19.6. The summed E-state index contributed by atoms with van der Waals surface area (Å²) in [6.45, 7) is 1.51. The van der Waals surface area contributed by atoms with Gasteiger partial charge in [-0.3, -0.25) is 0 Å². The van der Waals surface area contributed by atoms with E-state index in [4.69, 9.17) is 5.11 Å². The predicted octanol–water partition coefficient (Wildman–Crippen LogP) is 1.65. The maximum absolute atomic E-state index is 10.8. The SMILES string of the molecule is O=C(O)c1cn(C2CN(c3nccc4sccc34)C2)nn1. The van der Waals surface area contributed by atoms with Crippen molar-refractivity contribution in [3.8, 4) is 0 Å². The lowest BCUT2D eigenvalue weighted by Crippen LogP contribution is -2.48. The highest BCUT2D eigenvalue weighted by Crippen LogP contribution is 2.33. The first kappa shape index (κ1) is 12.3. The van der Waals surface area contributed by atoms with Gasteiger partial charge < -0.3 is 10.0 Å². The zero-order valence-electron chi connectivity index (χ0n) is 10.9. The Labute approximate surface area is 123 Å². The molecule has 4 heterocycles. The highest BCUT2D eigenvalue weighted by molar-refractivity contribution is 7.17. The standard InChI is InChI=1S/C13H11N5O2S/c19-13(20)10-7-18(16-15-10)8-5-17(6-8)12-9-2-4-21-11(9)1-3-14-12/h1-4,7-8H,5-6H2,(H,19,20). The van der Waals surface area contributed by atoms with Crippen LogP contribution in [0.3, 0.4) is 0 Å². The van der Waals surface area contributed by atoms with E-state index in [2.05, 4.69) is 31.6 Å². The maximum atomic E-state index is 10.8. The van der Waals surface area contributed by atoms with E-state index in [0.29, 0.717) is 0 Å². The molecule has 1 saturated heterocycles. The molecule has 0 bridgehead atoms. The van der Waals surface area contributed by atoms with Crippen molar-refractivity contribution in [1.29, 1.82) is 0 Å². The molecule has 0 radical (unpaired) electrons. The summed E-state index contributed by atoms with van der Waals surface area (Å²) < 4.78 is 2.84. The van der Waals surface area contributed by atoms with E-state index in [1.807, 2.05) is 12.3 Å². The Hall–Kier alpha value is -2.48. The van der Waals surface area contributed by atoms with Crippen LogP contribution in [-0.4, -0.2) is 44.1 Å². The Bertz CT molecular complexity index is 821. The van der Waals surface area contributed by atoms with Gasteiger partial charge in [0.2, 0.25) is 0 Å². The molecule has 21 heavy (non-hydrogen) atoms. The van der Waals surface area contributed by atoms with Crippen LogP contribution < -0.4 is 4.90 Å². The lowest BCUT2D eigenvalue weighted by atomic mass is 10.1. The fourth-order valence-corrected chi connectivity index (χ4v) is 3.26.